The summed E-state index contributed by atoms with van der Waals surface area (Å²) in [5, 5.41) is 9.13. The molecule has 0 saturated heterocycles. The molecule has 0 bridgehead atoms. The lowest BCUT2D eigenvalue weighted by Crippen LogP contribution is -2.34. The Morgan fingerprint density at radius 2 is 1.83 bits per heavy atom. The van der Waals surface area contributed by atoms with E-state index in [1.807, 2.05) is 36.4 Å². The van der Waals surface area contributed by atoms with Crippen LogP contribution in [-0.2, 0) is 0 Å². The van der Waals surface area contributed by atoms with E-state index >= 15 is 0 Å². The number of carbonyl (C=O) groups is 1. The number of hydrogen-bond acceptors (Lipinski definition) is 2. The molecule has 0 unspecified atom stereocenters. The Labute approximate surface area is 139 Å². The van der Waals surface area contributed by atoms with E-state index in [-0.39, 0.29) is 30.8 Å². The summed E-state index contributed by atoms with van der Waals surface area (Å²) in [6.07, 6.45) is 3.56. The van der Waals surface area contributed by atoms with E-state index in [1.165, 1.54) is 24.0 Å². The van der Waals surface area contributed by atoms with Crippen molar-refractivity contribution < 1.29 is 18.7 Å². The summed E-state index contributed by atoms with van der Waals surface area (Å²) in [6, 6.07) is 12.1. The van der Waals surface area contributed by atoms with E-state index in [2.05, 4.69) is 0 Å². The SMILES string of the molecule is Cc1ccc(C(=O)N(CC=Cc2ccccc2)CCO)c(F)c1F. The van der Waals surface area contributed by atoms with Gasteiger partial charge in [0, 0.05) is 13.1 Å². The molecule has 2 aromatic rings. The van der Waals surface area contributed by atoms with Crippen LogP contribution in [0.3, 0.4) is 0 Å². The predicted molar refractivity (Wildman–Crippen MR) is 89.6 cm³/mol. The van der Waals surface area contributed by atoms with Crippen LogP contribution in [0.1, 0.15) is 21.5 Å². The van der Waals surface area contributed by atoms with Crippen molar-refractivity contribution in [1.29, 1.82) is 0 Å². The second-order valence-electron chi connectivity index (χ2n) is 5.35. The van der Waals surface area contributed by atoms with Gasteiger partial charge in [0.2, 0.25) is 0 Å². The molecule has 0 atom stereocenters. The highest BCUT2D eigenvalue weighted by molar-refractivity contribution is 5.94. The van der Waals surface area contributed by atoms with Crippen LogP contribution >= 0.6 is 0 Å². The standard InChI is InChI=1S/C19H19F2NO2/c1-14-9-10-16(18(21)17(14)20)19(24)22(12-13-23)11-5-8-15-6-3-2-4-7-15/h2-10,23H,11-13H2,1H3. The first kappa shape index (κ1) is 17.8. The summed E-state index contributed by atoms with van der Waals surface area (Å²) in [5.74, 6) is -2.84. The van der Waals surface area contributed by atoms with Gasteiger partial charge in [0.15, 0.2) is 11.6 Å². The molecule has 0 heterocycles. The Morgan fingerprint density at radius 1 is 1.12 bits per heavy atom. The van der Waals surface area contributed by atoms with Gasteiger partial charge in [-0.15, -0.1) is 0 Å². The molecule has 3 nitrogen and oxygen atoms in total. The van der Waals surface area contributed by atoms with E-state index in [0.717, 1.165) is 5.56 Å². The van der Waals surface area contributed by atoms with Crippen molar-refractivity contribution in [3.05, 3.63) is 76.9 Å². The Balaban J connectivity index is 2.16. The Kier molecular flexibility index (Phi) is 6.21. The largest absolute Gasteiger partial charge is 0.395 e. The average molecular weight is 331 g/mol. The molecule has 1 amide bonds. The van der Waals surface area contributed by atoms with E-state index < -0.39 is 17.5 Å². The average Bonchev–Trinajstić information content (AvgIpc) is 2.59. The van der Waals surface area contributed by atoms with E-state index in [0.29, 0.717) is 0 Å². The zero-order valence-electron chi connectivity index (χ0n) is 13.4. The maximum atomic E-state index is 14.0. The van der Waals surface area contributed by atoms with Gasteiger partial charge in [-0.1, -0.05) is 48.6 Å². The second-order valence-corrected chi connectivity index (χ2v) is 5.35. The van der Waals surface area contributed by atoms with Gasteiger partial charge in [-0.3, -0.25) is 4.79 Å². The highest BCUT2D eigenvalue weighted by atomic mass is 19.2. The quantitative estimate of drug-likeness (QED) is 0.881. The second kappa shape index (κ2) is 8.36. The highest BCUT2D eigenvalue weighted by Gasteiger charge is 2.21. The topological polar surface area (TPSA) is 40.5 Å². The van der Waals surface area contributed by atoms with Crippen molar-refractivity contribution in [3.8, 4) is 0 Å². The fourth-order valence-corrected chi connectivity index (χ4v) is 2.26. The first-order valence-corrected chi connectivity index (χ1v) is 7.61. The fourth-order valence-electron chi connectivity index (χ4n) is 2.26. The van der Waals surface area contributed by atoms with Crippen molar-refractivity contribution in [2.45, 2.75) is 6.92 Å². The molecule has 5 heteroatoms. The van der Waals surface area contributed by atoms with Gasteiger partial charge in [-0.2, -0.15) is 0 Å². The van der Waals surface area contributed by atoms with Crippen LogP contribution in [0.5, 0.6) is 0 Å². The first-order valence-electron chi connectivity index (χ1n) is 7.61. The molecule has 126 valence electrons. The van der Waals surface area contributed by atoms with Gasteiger partial charge in [0.05, 0.1) is 12.2 Å². The van der Waals surface area contributed by atoms with Crippen LogP contribution < -0.4 is 0 Å². The number of hydrogen-bond donors (Lipinski definition) is 1. The number of aryl methyl sites for hydroxylation is 1. The Hall–Kier alpha value is -2.53. The smallest absolute Gasteiger partial charge is 0.257 e. The van der Waals surface area contributed by atoms with E-state index in [9.17, 15) is 13.6 Å². The molecule has 24 heavy (non-hydrogen) atoms. The summed E-state index contributed by atoms with van der Waals surface area (Å²) in [5.41, 5.74) is 0.767. The zero-order chi connectivity index (χ0) is 17.5. The minimum atomic E-state index is -1.16. The van der Waals surface area contributed by atoms with Crippen LogP contribution in [-0.4, -0.2) is 35.6 Å². The third kappa shape index (κ3) is 4.26. The Morgan fingerprint density at radius 3 is 2.50 bits per heavy atom. The van der Waals surface area contributed by atoms with Crippen molar-refractivity contribution in [2.75, 3.05) is 19.7 Å². The molecule has 2 rings (SSSR count). The van der Waals surface area contributed by atoms with Gasteiger partial charge in [0.1, 0.15) is 0 Å². The predicted octanol–water partition coefficient (Wildman–Crippen LogP) is 3.42. The number of rotatable bonds is 6. The van der Waals surface area contributed by atoms with E-state index in [1.54, 1.807) is 6.08 Å². The molecular formula is C19H19F2NO2. The monoisotopic (exact) mass is 331 g/mol. The number of amides is 1. The minimum absolute atomic E-state index is 0.0346. The van der Waals surface area contributed by atoms with Crippen LogP contribution in [0.25, 0.3) is 6.08 Å². The molecule has 0 fully saturated rings. The zero-order valence-corrected chi connectivity index (χ0v) is 13.4. The van der Waals surface area contributed by atoms with Gasteiger partial charge >= 0.3 is 0 Å². The van der Waals surface area contributed by atoms with Gasteiger partial charge in [-0.05, 0) is 24.1 Å². The molecule has 0 radical (unpaired) electrons. The van der Waals surface area contributed by atoms with Crippen molar-refractivity contribution in [3.63, 3.8) is 0 Å². The number of benzene rings is 2. The number of carbonyl (C=O) groups excluding carboxylic acids is 1. The lowest BCUT2D eigenvalue weighted by molar-refractivity contribution is 0.0737. The van der Waals surface area contributed by atoms with Gasteiger partial charge in [0.25, 0.3) is 5.91 Å². The molecule has 0 aliphatic rings. The molecule has 0 saturated carbocycles. The number of halogens is 2. The molecule has 2 aromatic carbocycles. The van der Waals surface area contributed by atoms with Crippen LogP contribution in [0.4, 0.5) is 8.78 Å². The lowest BCUT2D eigenvalue weighted by atomic mass is 10.1. The third-order valence-electron chi connectivity index (χ3n) is 3.60. The summed E-state index contributed by atoms with van der Waals surface area (Å²) in [7, 11) is 0. The lowest BCUT2D eigenvalue weighted by Gasteiger charge is -2.20. The normalized spacial score (nSPS) is 11.0. The highest BCUT2D eigenvalue weighted by Crippen LogP contribution is 2.17. The first-order chi connectivity index (χ1) is 11.5. The van der Waals surface area contributed by atoms with Crippen molar-refractivity contribution in [2.24, 2.45) is 0 Å². The summed E-state index contributed by atoms with van der Waals surface area (Å²) in [6.45, 7) is 1.39. The molecule has 0 aliphatic carbocycles. The molecular weight excluding hydrogens is 312 g/mol. The van der Waals surface area contributed by atoms with Crippen LogP contribution in [0, 0.1) is 18.6 Å². The van der Waals surface area contributed by atoms with Gasteiger partial charge in [-0.25, -0.2) is 8.78 Å². The molecule has 0 spiro atoms. The van der Waals surface area contributed by atoms with Gasteiger partial charge < -0.3 is 10.0 Å². The maximum absolute atomic E-state index is 14.0. The fraction of sp³-hybridized carbons (Fsp3) is 0.211. The summed E-state index contributed by atoms with van der Waals surface area (Å²) < 4.78 is 27.7. The number of aliphatic hydroxyl groups excluding tert-OH is 1. The third-order valence-corrected chi connectivity index (χ3v) is 3.60. The van der Waals surface area contributed by atoms with Crippen LogP contribution in [0.15, 0.2) is 48.5 Å². The molecule has 1 N–H and O–H groups in total. The van der Waals surface area contributed by atoms with Crippen LogP contribution in [0.2, 0.25) is 0 Å². The van der Waals surface area contributed by atoms with E-state index in [4.69, 9.17) is 5.11 Å². The maximum Gasteiger partial charge on any atom is 0.257 e. The van der Waals surface area contributed by atoms with Crippen molar-refractivity contribution >= 4 is 12.0 Å². The molecule has 0 aromatic heterocycles. The van der Waals surface area contributed by atoms with Crippen molar-refractivity contribution in [1.82, 2.24) is 4.90 Å². The minimum Gasteiger partial charge on any atom is -0.395 e. The summed E-state index contributed by atoms with van der Waals surface area (Å²) >= 11 is 0. The Bertz CT molecular complexity index is 730. The summed E-state index contributed by atoms with van der Waals surface area (Å²) in [4.78, 5) is 13.7. The number of aliphatic hydroxyl groups is 1. The number of nitrogens with zero attached hydrogens (tertiary/aromatic N) is 1. The molecule has 0 aliphatic heterocycles.